The molecule has 3 aromatic rings. The van der Waals surface area contributed by atoms with Crippen molar-refractivity contribution in [1.82, 2.24) is 14.9 Å². The second-order valence-electron chi connectivity index (χ2n) is 7.88. The second-order valence-corrected chi connectivity index (χ2v) is 7.88. The Bertz CT molecular complexity index is 1100. The third kappa shape index (κ3) is 4.74. The lowest BCUT2D eigenvalue weighted by Crippen LogP contribution is -2.40. The van der Waals surface area contributed by atoms with Crippen molar-refractivity contribution >= 4 is 17.7 Å². The zero-order chi connectivity index (χ0) is 21.8. The maximum atomic E-state index is 6.06. The molecular formula is C25H26N4O3. The molecule has 7 heteroatoms. The minimum atomic E-state index is -0.0771. The minimum Gasteiger partial charge on any atom is -0.497 e. The first-order valence-electron chi connectivity index (χ1n) is 10.8. The molecule has 0 amide bonds. The van der Waals surface area contributed by atoms with Crippen molar-refractivity contribution in [2.45, 2.75) is 6.10 Å². The fraction of sp³-hybridized carbons (Fsp3) is 0.280. The molecule has 0 radical (unpaired) electrons. The quantitative estimate of drug-likeness (QED) is 0.632. The number of pyridine rings is 2. The highest BCUT2D eigenvalue weighted by Gasteiger charge is 2.25. The third-order valence-corrected chi connectivity index (χ3v) is 5.59. The molecule has 0 unspecified atom stereocenters. The monoisotopic (exact) mass is 430 g/mol. The molecule has 1 fully saturated rings. The molecule has 164 valence electrons. The van der Waals surface area contributed by atoms with Gasteiger partial charge in [-0.15, -0.1) is 0 Å². The molecule has 5 rings (SSSR count). The zero-order valence-electron chi connectivity index (χ0n) is 18.0. The van der Waals surface area contributed by atoms with E-state index in [4.69, 9.17) is 19.2 Å². The van der Waals surface area contributed by atoms with E-state index in [1.807, 2.05) is 54.6 Å². The molecule has 0 aliphatic carbocycles. The number of ether oxygens (including phenoxy) is 3. The SMILES string of the molecule is COc1ccc2c(c1)C=C(CN1CCO[C@H](c3cccc(Nc4ccccn4)n3)C1)CO2. The van der Waals surface area contributed by atoms with Crippen LogP contribution >= 0.6 is 0 Å². The number of anilines is 2. The van der Waals surface area contributed by atoms with Crippen molar-refractivity contribution in [3.05, 3.63) is 77.6 Å². The number of aromatic nitrogens is 2. The predicted octanol–water partition coefficient (Wildman–Crippen LogP) is 4.08. The van der Waals surface area contributed by atoms with Gasteiger partial charge in [-0.25, -0.2) is 9.97 Å². The highest BCUT2D eigenvalue weighted by molar-refractivity contribution is 5.64. The smallest absolute Gasteiger partial charge is 0.131 e. The van der Waals surface area contributed by atoms with Gasteiger partial charge in [-0.05, 0) is 54.1 Å². The molecule has 0 saturated carbocycles. The number of fused-ring (bicyclic) bond motifs is 1. The molecule has 1 saturated heterocycles. The summed E-state index contributed by atoms with van der Waals surface area (Å²) in [6.45, 7) is 3.77. The van der Waals surface area contributed by atoms with E-state index in [0.29, 0.717) is 13.2 Å². The van der Waals surface area contributed by atoms with Crippen LogP contribution in [0.2, 0.25) is 0 Å². The summed E-state index contributed by atoms with van der Waals surface area (Å²) >= 11 is 0. The Morgan fingerprint density at radius 3 is 2.94 bits per heavy atom. The third-order valence-electron chi connectivity index (χ3n) is 5.59. The maximum Gasteiger partial charge on any atom is 0.131 e. The molecule has 1 aromatic carbocycles. The minimum absolute atomic E-state index is 0.0771. The largest absolute Gasteiger partial charge is 0.497 e. The summed E-state index contributed by atoms with van der Waals surface area (Å²) in [5.41, 5.74) is 3.22. The van der Waals surface area contributed by atoms with Crippen molar-refractivity contribution in [1.29, 1.82) is 0 Å². The first kappa shape index (κ1) is 20.5. The highest BCUT2D eigenvalue weighted by Crippen LogP contribution is 2.31. The van der Waals surface area contributed by atoms with Gasteiger partial charge in [-0.2, -0.15) is 0 Å². The summed E-state index contributed by atoms with van der Waals surface area (Å²) in [6, 6.07) is 17.6. The average molecular weight is 431 g/mol. The summed E-state index contributed by atoms with van der Waals surface area (Å²) in [5.74, 6) is 3.26. The molecule has 1 atom stereocenters. The molecule has 2 aliphatic heterocycles. The topological polar surface area (TPSA) is 68.7 Å². The standard InChI is InChI=1S/C25H26N4O3/c1-30-20-8-9-22-19(14-20)13-18(17-32-22)15-29-11-12-31-23(16-29)21-5-4-7-25(27-21)28-24-6-2-3-10-26-24/h2-10,13-14,23H,11-12,15-17H2,1H3,(H,26,27,28)/t23-/m0/s1. The van der Waals surface area contributed by atoms with Crippen LogP contribution in [-0.2, 0) is 4.74 Å². The number of morpholine rings is 1. The first-order chi connectivity index (χ1) is 15.8. The number of rotatable bonds is 6. The van der Waals surface area contributed by atoms with Gasteiger partial charge in [0.05, 0.1) is 19.4 Å². The van der Waals surface area contributed by atoms with Crippen LogP contribution in [0.5, 0.6) is 11.5 Å². The van der Waals surface area contributed by atoms with Gasteiger partial charge in [0.25, 0.3) is 0 Å². The van der Waals surface area contributed by atoms with Crippen LogP contribution in [0.4, 0.5) is 11.6 Å². The van der Waals surface area contributed by atoms with Gasteiger partial charge < -0.3 is 19.5 Å². The van der Waals surface area contributed by atoms with Crippen LogP contribution in [0.1, 0.15) is 17.4 Å². The fourth-order valence-electron chi connectivity index (χ4n) is 4.00. The molecule has 4 heterocycles. The molecule has 1 N–H and O–H groups in total. The molecule has 0 bridgehead atoms. The van der Waals surface area contributed by atoms with E-state index in [0.717, 1.165) is 54.0 Å². The number of nitrogens with zero attached hydrogens (tertiary/aromatic N) is 3. The van der Waals surface area contributed by atoms with Crippen LogP contribution in [0, 0.1) is 0 Å². The van der Waals surface area contributed by atoms with E-state index >= 15 is 0 Å². The van der Waals surface area contributed by atoms with Crippen LogP contribution in [0.3, 0.4) is 0 Å². The van der Waals surface area contributed by atoms with Gasteiger partial charge >= 0.3 is 0 Å². The average Bonchev–Trinajstić information content (AvgIpc) is 2.84. The summed E-state index contributed by atoms with van der Waals surface area (Å²) in [5, 5.41) is 3.25. The van der Waals surface area contributed by atoms with Gasteiger partial charge in [0, 0.05) is 31.4 Å². The van der Waals surface area contributed by atoms with Gasteiger partial charge in [0.1, 0.15) is 35.8 Å². The lowest BCUT2D eigenvalue weighted by atomic mass is 10.1. The normalized spacial score (nSPS) is 18.3. The summed E-state index contributed by atoms with van der Waals surface area (Å²) in [7, 11) is 1.68. The zero-order valence-corrected chi connectivity index (χ0v) is 18.0. The molecule has 2 aliphatic rings. The summed E-state index contributed by atoms with van der Waals surface area (Å²) in [4.78, 5) is 11.5. The molecule has 7 nitrogen and oxygen atoms in total. The number of hydrogen-bond acceptors (Lipinski definition) is 7. The van der Waals surface area contributed by atoms with E-state index in [1.54, 1.807) is 13.3 Å². The number of benzene rings is 1. The summed E-state index contributed by atoms with van der Waals surface area (Å²) in [6.07, 6.45) is 3.89. The molecular weight excluding hydrogens is 404 g/mol. The van der Waals surface area contributed by atoms with Gasteiger partial charge in [0.2, 0.25) is 0 Å². The van der Waals surface area contributed by atoms with E-state index in [2.05, 4.69) is 21.3 Å². The van der Waals surface area contributed by atoms with Crippen molar-refractivity contribution < 1.29 is 14.2 Å². The maximum absolute atomic E-state index is 6.06. The van der Waals surface area contributed by atoms with Crippen LogP contribution in [0.25, 0.3) is 6.08 Å². The first-order valence-corrected chi connectivity index (χ1v) is 10.8. The Morgan fingerprint density at radius 1 is 1.12 bits per heavy atom. The van der Waals surface area contributed by atoms with Crippen molar-refractivity contribution in [2.75, 3.05) is 45.3 Å². The fourth-order valence-corrected chi connectivity index (χ4v) is 4.00. The highest BCUT2D eigenvalue weighted by atomic mass is 16.5. The van der Waals surface area contributed by atoms with E-state index in [9.17, 15) is 0 Å². The van der Waals surface area contributed by atoms with Crippen molar-refractivity contribution in [3.8, 4) is 11.5 Å². The Morgan fingerprint density at radius 2 is 2.06 bits per heavy atom. The van der Waals surface area contributed by atoms with Gasteiger partial charge in [-0.3, -0.25) is 4.90 Å². The van der Waals surface area contributed by atoms with Crippen LogP contribution in [0.15, 0.2) is 66.4 Å². The Hall–Kier alpha value is -3.42. The number of nitrogens with one attached hydrogen (secondary N) is 1. The van der Waals surface area contributed by atoms with Crippen molar-refractivity contribution in [2.24, 2.45) is 0 Å². The van der Waals surface area contributed by atoms with E-state index in [1.165, 1.54) is 5.57 Å². The molecule has 2 aromatic heterocycles. The van der Waals surface area contributed by atoms with Gasteiger partial charge in [0.15, 0.2) is 0 Å². The molecule has 0 spiro atoms. The predicted molar refractivity (Wildman–Crippen MR) is 123 cm³/mol. The second kappa shape index (κ2) is 9.38. The van der Waals surface area contributed by atoms with Gasteiger partial charge in [-0.1, -0.05) is 12.1 Å². The lowest BCUT2D eigenvalue weighted by molar-refractivity contribution is -0.0293. The molecule has 32 heavy (non-hydrogen) atoms. The Balaban J connectivity index is 1.26. The number of hydrogen-bond donors (Lipinski definition) is 1. The van der Waals surface area contributed by atoms with Crippen molar-refractivity contribution in [3.63, 3.8) is 0 Å². The Kier molecular flexibility index (Phi) is 6.00. The van der Waals surface area contributed by atoms with Crippen LogP contribution in [-0.4, -0.2) is 54.8 Å². The number of methoxy groups -OCH3 is 1. The van der Waals surface area contributed by atoms with E-state index in [-0.39, 0.29) is 6.10 Å². The Labute approximate surface area is 187 Å². The lowest BCUT2D eigenvalue weighted by Gasteiger charge is -2.34. The van der Waals surface area contributed by atoms with E-state index < -0.39 is 0 Å². The summed E-state index contributed by atoms with van der Waals surface area (Å²) < 4.78 is 17.4. The van der Waals surface area contributed by atoms with Crippen LogP contribution < -0.4 is 14.8 Å².